The summed E-state index contributed by atoms with van der Waals surface area (Å²) in [5, 5.41) is 10.3. The first-order valence-electron chi connectivity index (χ1n) is 9.11. The van der Waals surface area contributed by atoms with Crippen molar-refractivity contribution in [2.75, 3.05) is 0 Å². The topological polar surface area (TPSA) is 72.6 Å². The number of furan rings is 1. The Kier molecular flexibility index (Phi) is 4.76. The van der Waals surface area contributed by atoms with Crippen LogP contribution in [0.5, 0.6) is 5.75 Å². The first kappa shape index (κ1) is 18.7. The van der Waals surface area contributed by atoms with Crippen molar-refractivity contribution in [1.29, 1.82) is 0 Å². The SMILES string of the molecule is CC(C)Oc1cc2c(C(=O)O)c(-c3ccc(F)cc3)oc2cc1-c1ccncc1. The molecule has 2 aromatic heterocycles. The van der Waals surface area contributed by atoms with Crippen LogP contribution in [0, 0.1) is 5.82 Å². The molecular formula is C23H18FNO4. The van der Waals surface area contributed by atoms with Gasteiger partial charge in [0.05, 0.1) is 6.10 Å². The predicted octanol–water partition coefficient (Wildman–Crippen LogP) is 5.79. The van der Waals surface area contributed by atoms with E-state index in [0.29, 0.717) is 22.3 Å². The zero-order chi connectivity index (χ0) is 20.5. The molecular weight excluding hydrogens is 373 g/mol. The zero-order valence-electron chi connectivity index (χ0n) is 15.8. The van der Waals surface area contributed by atoms with Crippen LogP contribution < -0.4 is 4.74 Å². The largest absolute Gasteiger partial charge is 0.490 e. The number of pyridine rings is 1. The highest BCUT2D eigenvalue weighted by Crippen LogP contribution is 2.40. The number of ether oxygens (including phenoxy) is 1. The normalized spacial score (nSPS) is 11.2. The molecule has 4 aromatic rings. The van der Waals surface area contributed by atoms with Crippen LogP contribution in [-0.2, 0) is 0 Å². The van der Waals surface area contributed by atoms with E-state index < -0.39 is 11.8 Å². The second-order valence-corrected chi connectivity index (χ2v) is 6.87. The number of hydrogen-bond acceptors (Lipinski definition) is 4. The van der Waals surface area contributed by atoms with E-state index in [1.54, 1.807) is 24.5 Å². The van der Waals surface area contributed by atoms with Crippen molar-refractivity contribution in [3.8, 4) is 28.2 Å². The number of carbonyl (C=O) groups is 1. The quantitative estimate of drug-likeness (QED) is 0.466. The molecule has 2 aromatic carbocycles. The number of rotatable bonds is 5. The van der Waals surface area contributed by atoms with E-state index in [2.05, 4.69) is 4.98 Å². The number of benzene rings is 2. The molecule has 0 atom stereocenters. The molecule has 0 aliphatic carbocycles. The molecule has 2 heterocycles. The lowest BCUT2D eigenvalue weighted by Crippen LogP contribution is -2.06. The lowest BCUT2D eigenvalue weighted by Gasteiger charge is -2.14. The fourth-order valence-electron chi connectivity index (χ4n) is 3.25. The van der Waals surface area contributed by atoms with Crippen molar-refractivity contribution >= 4 is 16.9 Å². The lowest BCUT2D eigenvalue weighted by molar-refractivity contribution is 0.0699. The third-order valence-corrected chi connectivity index (χ3v) is 4.46. The average molecular weight is 391 g/mol. The summed E-state index contributed by atoms with van der Waals surface area (Å²) in [6, 6.07) is 12.7. The Bertz CT molecular complexity index is 1180. The van der Waals surface area contributed by atoms with Crippen LogP contribution in [0.3, 0.4) is 0 Å². The van der Waals surface area contributed by atoms with Gasteiger partial charge in [-0.15, -0.1) is 0 Å². The molecule has 0 bridgehead atoms. The molecule has 0 saturated heterocycles. The van der Waals surface area contributed by atoms with E-state index in [-0.39, 0.29) is 17.4 Å². The van der Waals surface area contributed by atoms with Gasteiger partial charge in [0.2, 0.25) is 0 Å². The van der Waals surface area contributed by atoms with E-state index in [1.807, 2.05) is 26.0 Å². The summed E-state index contributed by atoms with van der Waals surface area (Å²) in [5.41, 5.74) is 2.54. The molecule has 5 nitrogen and oxygen atoms in total. The third kappa shape index (κ3) is 3.57. The van der Waals surface area contributed by atoms with Crippen LogP contribution in [0.15, 0.2) is 65.3 Å². The minimum atomic E-state index is -1.13. The molecule has 29 heavy (non-hydrogen) atoms. The number of aromatic nitrogens is 1. The predicted molar refractivity (Wildman–Crippen MR) is 108 cm³/mol. The van der Waals surface area contributed by atoms with Crippen LogP contribution in [0.25, 0.3) is 33.4 Å². The summed E-state index contributed by atoms with van der Waals surface area (Å²) in [5.74, 6) is -0.813. The molecule has 0 aliphatic heterocycles. The number of aromatic carboxylic acids is 1. The van der Waals surface area contributed by atoms with Gasteiger partial charge in [-0.05, 0) is 67.9 Å². The van der Waals surface area contributed by atoms with Gasteiger partial charge in [-0.25, -0.2) is 9.18 Å². The van der Waals surface area contributed by atoms with E-state index >= 15 is 0 Å². The maximum Gasteiger partial charge on any atom is 0.340 e. The van der Waals surface area contributed by atoms with Crippen molar-refractivity contribution in [3.63, 3.8) is 0 Å². The molecule has 0 fully saturated rings. The maximum absolute atomic E-state index is 13.3. The molecule has 0 spiro atoms. The summed E-state index contributed by atoms with van der Waals surface area (Å²) in [6.45, 7) is 3.80. The fraction of sp³-hybridized carbons (Fsp3) is 0.130. The second kappa shape index (κ2) is 7.39. The van der Waals surface area contributed by atoms with Gasteiger partial charge in [0.1, 0.15) is 28.5 Å². The Morgan fingerprint density at radius 2 is 1.76 bits per heavy atom. The number of carboxylic acids is 1. The summed E-state index contributed by atoms with van der Waals surface area (Å²) in [6.07, 6.45) is 3.24. The highest BCUT2D eigenvalue weighted by Gasteiger charge is 2.24. The average Bonchev–Trinajstić information content (AvgIpc) is 3.06. The molecule has 1 N–H and O–H groups in total. The van der Waals surface area contributed by atoms with Gasteiger partial charge < -0.3 is 14.3 Å². The summed E-state index contributed by atoms with van der Waals surface area (Å²) in [7, 11) is 0. The molecule has 0 saturated carbocycles. The maximum atomic E-state index is 13.3. The van der Waals surface area contributed by atoms with Gasteiger partial charge >= 0.3 is 5.97 Å². The minimum Gasteiger partial charge on any atom is -0.490 e. The van der Waals surface area contributed by atoms with Crippen LogP contribution in [-0.4, -0.2) is 22.2 Å². The molecule has 6 heteroatoms. The fourth-order valence-corrected chi connectivity index (χ4v) is 3.25. The Balaban J connectivity index is 1.99. The van der Waals surface area contributed by atoms with Gasteiger partial charge in [-0.2, -0.15) is 0 Å². The second-order valence-electron chi connectivity index (χ2n) is 6.87. The van der Waals surface area contributed by atoms with Crippen LogP contribution in [0.2, 0.25) is 0 Å². The number of hydrogen-bond donors (Lipinski definition) is 1. The van der Waals surface area contributed by atoms with E-state index in [4.69, 9.17) is 9.15 Å². The van der Waals surface area contributed by atoms with E-state index in [0.717, 1.165) is 11.1 Å². The van der Waals surface area contributed by atoms with Gasteiger partial charge in [0.15, 0.2) is 0 Å². The number of nitrogens with zero attached hydrogens (tertiary/aromatic N) is 1. The van der Waals surface area contributed by atoms with Crippen molar-refractivity contribution in [3.05, 3.63) is 72.3 Å². The number of carboxylic acid groups (broad SMARTS) is 1. The molecule has 146 valence electrons. The number of halogens is 1. The summed E-state index contributed by atoms with van der Waals surface area (Å²) >= 11 is 0. The van der Waals surface area contributed by atoms with Crippen LogP contribution >= 0.6 is 0 Å². The molecule has 0 amide bonds. The van der Waals surface area contributed by atoms with Crippen molar-refractivity contribution in [2.24, 2.45) is 0 Å². The monoisotopic (exact) mass is 391 g/mol. The van der Waals surface area contributed by atoms with Gasteiger partial charge in [0, 0.05) is 28.9 Å². The Morgan fingerprint density at radius 3 is 2.38 bits per heavy atom. The van der Waals surface area contributed by atoms with Crippen LogP contribution in [0.1, 0.15) is 24.2 Å². The van der Waals surface area contributed by atoms with Crippen molar-refractivity contribution < 1.29 is 23.4 Å². The summed E-state index contributed by atoms with van der Waals surface area (Å²) < 4.78 is 25.2. The van der Waals surface area contributed by atoms with Gasteiger partial charge in [-0.1, -0.05) is 0 Å². The Morgan fingerprint density at radius 1 is 1.07 bits per heavy atom. The molecule has 4 rings (SSSR count). The Hall–Kier alpha value is -3.67. The van der Waals surface area contributed by atoms with E-state index in [9.17, 15) is 14.3 Å². The van der Waals surface area contributed by atoms with Crippen molar-refractivity contribution in [1.82, 2.24) is 4.98 Å². The van der Waals surface area contributed by atoms with Crippen LogP contribution in [0.4, 0.5) is 4.39 Å². The van der Waals surface area contributed by atoms with E-state index in [1.165, 1.54) is 24.3 Å². The highest BCUT2D eigenvalue weighted by atomic mass is 19.1. The lowest BCUT2D eigenvalue weighted by atomic mass is 10.0. The third-order valence-electron chi connectivity index (χ3n) is 4.46. The van der Waals surface area contributed by atoms with Gasteiger partial charge in [-0.3, -0.25) is 4.98 Å². The first-order valence-corrected chi connectivity index (χ1v) is 9.11. The first-order chi connectivity index (χ1) is 13.9. The zero-order valence-corrected chi connectivity index (χ0v) is 15.8. The molecule has 0 radical (unpaired) electrons. The minimum absolute atomic E-state index is 0.0153. The highest BCUT2D eigenvalue weighted by molar-refractivity contribution is 6.09. The molecule has 0 aliphatic rings. The Labute approximate surface area is 166 Å². The number of fused-ring (bicyclic) bond motifs is 1. The standard InChI is InChI=1S/C23H18FNO4/c1-13(2)28-19-12-18-20(11-17(19)14-7-9-25-10-8-14)29-22(21(18)23(26)27)15-3-5-16(24)6-4-15/h3-13H,1-2H3,(H,26,27). The van der Waals surface area contributed by atoms with Crippen molar-refractivity contribution in [2.45, 2.75) is 20.0 Å². The smallest absolute Gasteiger partial charge is 0.340 e. The molecule has 0 unspecified atom stereocenters. The van der Waals surface area contributed by atoms with Gasteiger partial charge in [0.25, 0.3) is 0 Å². The summed E-state index contributed by atoms with van der Waals surface area (Å²) in [4.78, 5) is 16.1.